The van der Waals surface area contributed by atoms with Crippen molar-refractivity contribution in [2.24, 2.45) is 0 Å². The first kappa shape index (κ1) is 15.7. The lowest BCUT2D eigenvalue weighted by Gasteiger charge is -2.14. The Balaban J connectivity index is 2.33. The zero-order chi connectivity index (χ0) is 15.4. The van der Waals surface area contributed by atoms with Crippen molar-refractivity contribution >= 4 is 46.1 Å². The molecule has 0 saturated heterocycles. The summed E-state index contributed by atoms with van der Waals surface area (Å²) in [6.45, 7) is 2.68. The van der Waals surface area contributed by atoms with Gasteiger partial charge in [0.05, 0.1) is 5.69 Å². The van der Waals surface area contributed by atoms with E-state index >= 15 is 0 Å². The molecule has 0 atom stereocenters. The average molecular weight is 402 g/mol. The highest BCUT2D eigenvalue weighted by molar-refractivity contribution is 14.1. The molecule has 1 aromatic heterocycles. The molecule has 1 aromatic carbocycles. The van der Waals surface area contributed by atoms with Gasteiger partial charge in [0.1, 0.15) is 5.82 Å². The molecule has 0 fully saturated rings. The third kappa shape index (κ3) is 4.13. The van der Waals surface area contributed by atoms with Crippen molar-refractivity contribution in [1.29, 1.82) is 0 Å². The molecule has 1 heterocycles. The largest absolute Gasteiger partial charge is 0.354 e. The Hall–Kier alpha value is -1.71. The second-order valence-corrected chi connectivity index (χ2v) is 5.62. The Morgan fingerprint density at radius 3 is 2.52 bits per heavy atom. The number of rotatable bonds is 5. The van der Waals surface area contributed by atoms with Gasteiger partial charge in [-0.25, -0.2) is 4.39 Å². The lowest BCUT2D eigenvalue weighted by Crippen LogP contribution is -2.16. The Morgan fingerprint density at radius 2 is 1.90 bits per heavy atom. The van der Waals surface area contributed by atoms with Crippen LogP contribution in [0.25, 0.3) is 0 Å². The van der Waals surface area contributed by atoms with Gasteiger partial charge in [0.2, 0.25) is 17.8 Å². The summed E-state index contributed by atoms with van der Waals surface area (Å²) in [7, 11) is 3.72. The van der Waals surface area contributed by atoms with Crippen LogP contribution in [0.15, 0.2) is 18.2 Å². The standard InChI is InChI=1S/C13H16FIN6/c1-4-16-11-18-12(20-13(19-11)21(2)3)17-10-6-5-8(14)7-9(10)15/h5-7H,4H2,1-3H3,(H2,16,17,18,19,20). The van der Waals surface area contributed by atoms with Gasteiger partial charge in [0.25, 0.3) is 0 Å². The van der Waals surface area contributed by atoms with Gasteiger partial charge in [0, 0.05) is 24.2 Å². The highest BCUT2D eigenvalue weighted by Gasteiger charge is 2.09. The predicted octanol–water partition coefficient (Wildman–Crippen LogP) is 2.86. The molecule has 21 heavy (non-hydrogen) atoms. The van der Waals surface area contributed by atoms with Crippen LogP contribution in [0.5, 0.6) is 0 Å². The number of anilines is 4. The lowest BCUT2D eigenvalue weighted by molar-refractivity contribution is 0.627. The molecular formula is C13H16FIN6. The molecule has 8 heteroatoms. The van der Waals surface area contributed by atoms with Gasteiger partial charge in [-0.05, 0) is 47.7 Å². The maximum absolute atomic E-state index is 13.1. The van der Waals surface area contributed by atoms with Crippen LogP contribution < -0.4 is 15.5 Å². The van der Waals surface area contributed by atoms with E-state index in [2.05, 4.69) is 48.2 Å². The minimum absolute atomic E-state index is 0.275. The molecule has 6 nitrogen and oxygen atoms in total. The Kier molecular flexibility index (Phi) is 5.10. The van der Waals surface area contributed by atoms with Crippen molar-refractivity contribution < 1.29 is 4.39 Å². The monoisotopic (exact) mass is 402 g/mol. The zero-order valence-corrected chi connectivity index (χ0v) is 14.1. The predicted molar refractivity (Wildman–Crippen MR) is 90.7 cm³/mol. The van der Waals surface area contributed by atoms with Crippen LogP contribution in [0.1, 0.15) is 6.92 Å². The summed E-state index contributed by atoms with van der Waals surface area (Å²) in [6.07, 6.45) is 0. The summed E-state index contributed by atoms with van der Waals surface area (Å²) in [4.78, 5) is 14.7. The molecule has 2 N–H and O–H groups in total. The molecule has 0 radical (unpaired) electrons. The minimum atomic E-state index is -0.275. The third-order valence-electron chi connectivity index (χ3n) is 2.54. The Labute approximate surface area is 136 Å². The fourth-order valence-corrected chi connectivity index (χ4v) is 2.18. The van der Waals surface area contributed by atoms with Gasteiger partial charge in [-0.15, -0.1) is 0 Å². The molecule has 0 spiro atoms. The first-order valence-electron chi connectivity index (χ1n) is 6.39. The minimum Gasteiger partial charge on any atom is -0.354 e. The van der Waals surface area contributed by atoms with Gasteiger partial charge >= 0.3 is 0 Å². The van der Waals surface area contributed by atoms with E-state index < -0.39 is 0 Å². The second kappa shape index (κ2) is 6.83. The number of halogens is 2. The third-order valence-corrected chi connectivity index (χ3v) is 3.43. The molecule has 0 bridgehead atoms. The van der Waals surface area contributed by atoms with E-state index in [0.717, 1.165) is 9.26 Å². The number of nitrogens with zero attached hydrogens (tertiary/aromatic N) is 4. The van der Waals surface area contributed by atoms with Crippen molar-refractivity contribution in [2.45, 2.75) is 6.92 Å². The normalized spacial score (nSPS) is 10.3. The Morgan fingerprint density at radius 1 is 1.19 bits per heavy atom. The summed E-state index contributed by atoms with van der Waals surface area (Å²) >= 11 is 2.06. The summed E-state index contributed by atoms with van der Waals surface area (Å²) in [6, 6.07) is 4.50. The van der Waals surface area contributed by atoms with Gasteiger partial charge < -0.3 is 15.5 Å². The van der Waals surface area contributed by atoms with Crippen LogP contribution in [0.4, 0.5) is 27.9 Å². The van der Waals surface area contributed by atoms with E-state index in [4.69, 9.17) is 0 Å². The summed E-state index contributed by atoms with van der Waals surface area (Å²) in [5.41, 5.74) is 0.746. The van der Waals surface area contributed by atoms with Crippen molar-refractivity contribution in [3.63, 3.8) is 0 Å². The van der Waals surface area contributed by atoms with E-state index in [1.807, 2.05) is 21.0 Å². The lowest BCUT2D eigenvalue weighted by atomic mass is 10.3. The molecule has 0 amide bonds. The number of aromatic nitrogens is 3. The second-order valence-electron chi connectivity index (χ2n) is 4.46. The van der Waals surface area contributed by atoms with Crippen LogP contribution in [0.3, 0.4) is 0 Å². The zero-order valence-electron chi connectivity index (χ0n) is 12.0. The summed E-state index contributed by atoms with van der Waals surface area (Å²) in [5.74, 6) is 1.17. The summed E-state index contributed by atoms with van der Waals surface area (Å²) < 4.78 is 13.9. The number of hydrogen-bond donors (Lipinski definition) is 2. The van der Waals surface area contributed by atoms with E-state index in [1.54, 1.807) is 11.0 Å². The number of benzene rings is 1. The van der Waals surface area contributed by atoms with Crippen molar-refractivity contribution in [3.05, 3.63) is 27.6 Å². The van der Waals surface area contributed by atoms with Crippen LogP contribution in [-0.2, 0) is 0 Å². The maximum atomic E-state index is 13.1. The summed E-state index contributed by atoms with van der Waals surface area (Å²) in [5, 5.41) is 6.15. The van der Waals surface area contributed by atoms with Crippen LogP contribution in [-0.4, -0.2) is 35.6 Å². The Bertz CT molecular complexity index is 634. The van der Waals surface area contributed by atoms with E-state index in [0.29, 0.717) is 24.4 Å². The fourth-order valence-electron chi connectivity index (χ4n) is 1.57. The van der Waals surface area contributed by atoms with Gasteiger partial charge in [-0.3, -0.25) is 0 Å². The molecule has 0 aliphatic rings. The SMILES string of the molecule is CCNc1nc(Nc2ccc(F)cc2I)nc(N(C)C)n1. The molecule has 2 aromatic rings. The molecule has 2 rings (SSSR count). The van der Waals surface area contributed by atoms with Crippen molar-refractivity contribution in [1.82, 2.24) is 15.0 Å². The highest BCUT2D eigenvalue weighted by atomic mass is 127. The van der Waals surface area contributed by atoms with Crippen molar-refractivity contribution in [2.75, 3.05) is 36.2 Å². The van der Waals surface area contributed by atoms with Gasteiger partial charge in [0.15, 0.2) is 0 Å². The number of hydrogen-bond acceptors (Lipinski definition) is 6. The maximum Gasteiger partial charge on any atom is 0.233 e. The topological polar surface area (TPSA) is 66.0 Å². The van der Waals surface area contributed by atoms with Crippen LogP contribution >= 0.6 is 22.6 Å². The van der Waals surface area contributed by atoms with Crippen LogP contribution in [0, 0.1) is 9.39 Å². The van der Waals surface area contributed by atoms with E-state index in [9.17, 15) is 4.39 Å². The fraction of sp³-hybridized carbons (Fsp3) is 0.308. The molecule has 0 aliphatic carbocycles. The average Bonchev–Trinajstić information content (AvgIpc) is 2.42. The smallest absolute Gasteiger partial charge is 0.233 e. The van der Waals surface area contributed by atoms with Gasteiger partial charge in [-0.2, -0.15) is 15.0 Å². The van der Waals surface area contributed by atoms with Crippen LogP contribution in [0.2, 0.25) is 0 Å². The molecule has 112 valence electrons. The molecule has 0 aliphatic heterocycles. The van der Waals surface area contributed by atoms with E-state index in [1.165, 1.54) is 12.1 Å². The van der Waals surface area contributed by atoms with Gasteiger partial charge in [-0.1, -0.05) is 0 Å². The van der Waals surface area contributed by atoms with E-state index in [-0.39, 0.29) is 5.82 Å². The highest BCUT2D eigenvalue weighted by Crippen LogP contribution is 2.23. The number of nitrogens with one attached hydrogen (secondary N) is 2. The first-order chi connectivity index (χ1) is 9.99. The molecule has 0 unspecified atom stereocenters. The van der Waals surface area contributed by atoms with Crippen molar-refractivity contribution in [3.8, 4) is 0 Å². The molecular weight excluding hydrogens is 386 g/mol. The molecule has 0 saturated carbocycles. The first-order valence-corrected chi connectivity index (χ1v) is 7.47. The quantitative estimate of drug-likeness (QED) is 0.750.